The summed E-state index contributed by atoms with van der Waals surface area (Å²) in [5, 5.41) is 15.3. The van der Waals surface area contributed by atoms with Crippen LogP contribution in [0, 0.1) is 5.92 Å². The highest BCUT2D eigenvalue weighted by atomic mass is 28.4. The van der Waals surface area contributed by atoms with Gasteiger partial charge in [0.25, 0.3) is 8.32 Å². The summed E-state index contributed by atoms with van der Waals surface area (Å²) in [5.41, 5.74) is 1.35. The van der Waals surface area contributed by atoms with Crippen molar-refractivity contribution in [1.82, 2.24) is 0 Å². The van der Waals surface area contributed by atoms with Crippen LogP contribution in [0.3, 0.4) is 0 Å². The van der Waals surface area contributed by atoms with Gasteiger partial charge in [0.1, 0.15) is 0 Å². The fourth-order valence-corrected chi connectivity index (χ4v) is 14.8. The van der Waals surface area contributed by atoms with Crippen molar-refractivity contribution >= 4 is 32.0 Å². The van der Waals surface area contributed by atoms with Crippen molar-refractivity contribution < 1.29 is 9.53 Å². The van der Waals surface area contributed by atoms with E-state index in [2.05, 4.69) is 125 Å². The molecule has 1 aliphatic rings. The quantitative estimate of drug-likeness (QED) is 0.192. The van der Waals surface area contributed by atoms with Gasteiger partial charge in [-0.3, -0.25) is 0 Å². The second-order valence-corrected chi connectivity index (χ2v) is 22.5. The van der Waals surface area contributed by atoms with E-state index in [-0.39, 0.29) is 16.7 Å². The minimum Gasteiger partial charge on any atom is -0.407 e. The lowest BCUT2D eigenvalue weighted by Crippen LogP contribution is -2.67. The Morgan fingerprint density at radius 3 is 1.70 bits per heavy atom. The number of hydrogen-bond donors (Lipinski definition) is 1. The number of aliphatic hydroxyl groups is 1. The minimum absolute atomic E-state index is 0.0817. The number of rotatable bonds is 11. The average molecular weight is 571 g/mol. The Balaban J connectivity index is 1.74. The van der Waals surface area contributed by atoms with E-state index in [0.29, 0.717) is 18.9 Å². The fourth-order valence-electron chi connectivity index (χ4n) is 6.97. The summed E-state index contributed by atoms with van der Waals surface area (Å²) < 4.78 is 7.52. The summed E-state index contributed by atoms with van der Waals surface area (Å²) in [4.78, 5) is 0. The van der Waals surface area contributed by atoms with Crippen molar-refractivity contribution in [2.45, 2.75) is 89.1 Å². The predicted molar refractivity (Wildman–Crippen MR) is 177 cm³/mol. The molecule has 2 atom stereocenters. The van der Waals surface area contributed by atoms with Crippen LogP contribution in [0.4, 0.5) is 0 Å². The molecule has 0 radical (unpaired) electrons. The maximum absolute atomic E-state index is 11.4. The summed E-state index contributed by atoms with van der Waals surface area (Å²) in [6.07, 6.45) is 6.39. The van der Waals surface area contributed by atoms with Gasteiger partial charge in [0, 0.05) is 12.1 Å². The van der Waals surface area contributed by atoms with E-state index in [1.165, 1.54) is 34.8 Å². The van der Waals surface area contributed by atoms with Crippen molar-refractivity contribution in [1.29, 1.82) is 0 Å². The Morgan fingerprint density at radius 1 is 0.800 bits per heavy atom. The molecule has 1 fully saturated rings. The standard InChI is InChI=1S/C36H50O2Si2/c1-29(27-34(37)30-19-11-7-12-20-30)35(39(5,6)31-21-13-8-14-22-31)28-38-40(36(2,3)4,32-23-15-9-16-24-32)33-25-17-10-18-26-33/h8-10,13-18,21-26,30,34-35,37H,1,7,11-12,19-20,27-28H2,2-6H3/t34-,35+/m0/s1. The zero-order valence-electron chi connectivity index (χ0n) is 25.4. The highest BCUT2D eigenvalue weighted by Crippen LogP contribution is 2.40. The lowest BCUT2D eigenvalue weighted by molar-refractivity contribution is 0.0839. The summed E-state index contributed by atoms with van der Waals surface area (Å²) >= 11 is 0. The maximum Gasteiger partial charge on any atom is 0.261 e. The first-order valence-electron chi connectivity index (χ1n) is 15.2. The first kappa shape index (κ1) is 30.7. The molecule has 0 saturated heterocycles. The van der Waals surface area contributed by atoms with E-state index in [0.717, 1.165) is 18.4 Å². The van der Waals surface area contributed by atoms with Gasteiger partial charge < -0.3 is 9.53 Å². The van der Waals surface area contributed by atoms with Crippen LogP contribution in [0.2, 0.25) is 23.7 Å². The molecule has 1 aliphatic carbocycles. The van der Waals surface area contributed by atoms with Crippen LogP contribution in [-0.4, -0.2) is 34.2 Å². The van der Waals surface area contributed by atoms with Gasteiger partial charge in [0.15, 0.2) is 0 Å². The third-order valence-corrected chi connectivity index (χ3v) is 18.6. The van der Waals surface area contributed by atoms with Gasteiger partial charge in [-0.25, -0.2) is 0 Å². The Bertz CT molecular complexity index is 1160. The van der Waals surface area contributed by atoms with Gasteiger partial charge >= 0.3 is 0 Å². The molecule has 3 aromatic rings. The Kier molecular flexibility index (Phi) is 10.1. The van der Waals surface area contributed by atoms with Crippen molar-refractivity contribution in [2.24, 2.45) is 5.92 Å². The molecule has 0 aromatic heterocycles. The molecule has 4 rings (SSSR count). The second-order valence-electron chi connectivity index (χ2n) is 13.4. The molecule has 0 spiro atoms. The Morgan fingerprint density at radius 2 is 1.25 bits per heavy atom. The number of aliphatic hydroxyl groups excluding tert-OH is 1. The van der Waals surface area contributed by atoms with Crippen LogP contribution in [0.15, 0.2) is 103 Å². The molecule has 2 nitrogen and oxygen atoms in total. The zero-order chi connectivity index (χ0) is 28.8. The van der Waals surface area contributed by atoms with Crippen LogP contribution < -0.4 is 15.6 Å². The van der Waals surface area contributed by atoms with Crippen molar-refractivity contribution in [3.63, 3.8) is 0 Å². The summed E-state index contributed by atoms with van der Waals surface area (Å²) in [5.74, 6) is 0.394. The topological polar surface area (TPSA) is 29.5 Å². The molecule has 1 saturated carbocycles. The molecule has 0 amide bonds. The first-order valence-corrected chi connectivity index (χ1v) is 20.2. The first-order chi connectivity index (χ1) is 19.1. The van der Waals surface area contributed by atoms with E-state index in [1.807, 2.05) is 0 Å². The smallest absolute Gasteiger partial charge is 0.261 e. The van der Waals surface area contributed by atoms with Crippen LogP contribution in [-0.2, 0) is 4.43 Å². The molecular formula is C36H50O2Si2. The molecule has 4 heteroatoms. The fraction of sp³-hybridized carbons (Fsp3) is 0.444. The lowest BCUT2D eigenvalue weighted by Gasteiger charge is -2.45. The van der Waals surface area contributed by atoms with Gasteiger partial charge in [0.05, 0.1) is 14.2 Å². The van der Waals surface area contributed by atoms with Crippen molar-refractivity contribution in [3.05, 3.63) is 103 Å². The largest absolute Gasteiger partial charge is 0.407 e. The molecule has 40 heavy (non-hydrogen) atoms. The number of hydrogen-bond acceptors (Lipinski definition) is 2. The van der Waals surface area contributed by atoms with E-state index in [4.69, 9.17) is 11.0 Å². The second kappa shape index (κ2) is 13.2. The van der Waals surface area contributed by atoms with Crippen LogP contribution in [0.5, 0.6) is 0 Å². The average Bonchev–Trinajstić information content (AvgIpc) is 2.96. The molecule has 0 heterocycles. The maximum atomic E-state index is 11.4. The molecule has 0 bridgehead atoms. The SMILES string of the molecule is C=C(C[C@H](O)C1CCCCC1)[C@@H](CO[Si](c1ccccc1)(c1ccccc1)C(C)(C)C)[Si](C)(C)c1ccccc1. The monoisotopic (exact) mass is 570 g/mol. The predicted octanol–water partition coefficient (Wildman–Crippen LogP) is 7.44. The normalized spacial score (nSPS) is 16.9. The highest BCUT2D eigenvalue weighted by molar-refractivity contribution is 6.99. The minimum atomic E-state index is -2.69. The zero-order valence-corrected chi connectivity index (χ0v) is 27.4. The summed E-state index contributed by atoms with van der Waals surface area (Å²) in [6, 6.07) is 32.8. The number of benzene rings is 3. The molecular weight excluding hydrogens is 521 g/mol. The van der Waals surface area contributed by atoms with E-state index < -0.39 is 16.4 Å². The van der Waals surface area contributed by atoms with Gasteiger partial charge in [-0.1, -0.05) is 161 Å². The third kappa shape index (κ3) is 6.62. The van der Waals surface area contributed by atoms with E-state index >= 15 is 0 Å². The molecule has 0 unspecified atom stereocenters. The summed E-state index contributed by atoms with van der Waals surface area (Å²) in [7, 11) is -4.75. The third-order valence-electron chi connectivity index (χ3n) is 9.43. The molecule has 1 N–H and O–H groups in total. The van der Waals surface area contributed by atoms with Gasteiger partial charge in [-0.05, 0) is 40.6 Å². The van der Waals surface area contributed by atoms with Crippen LogP contribution in [0.1, 0.15) is 59.3 Å². The molecule has 3 aromatic carbocycles. The Labute approximate surface area is 245 Å². The van der Waals surface area contributed by atoms with Gasteiger partial charge in [-0.2, -0.15) is 0 Å². The summed E-state index contributed by atoms with van der Waals surface area (Å²) in [6.45, 7) is 17.3. The van der Waals surface area contributed by atoms with Crippen molar-refractivity contribution in [3.8, 4) is 0 Å². The van der Waals surface area contributed by atoms with Gasteiger partial charge in [0.2, 0.25) is 0 Å². The van der Waals surface area contributed by atoms with E-state index in [1.54, 1.807) is 0 Å². The van der Waals surface area contributed by atoms with Crippen LogP contribution >= 0.6 is 0 Å². The van der Waals surface area contributed by atoms with Gasteiger partial charge in [-0.15, -0.1) is 0 Å². The van der Waals surface area contributed by atoms with Crippen LogP contribution in [0.25, 0.3) is 0 Å². The van der Waals surface area contributed by atoms with E-state index in [9.17, 15) is 5.11 Å². The Hall–Kier alpha value is -2.25. The molecule has 214 valence electrons. The molecule has 0 aliphatic heterocycles. The van der Waals surface area contributed by atoms with Crippen molar-refractivity contribution in [2.75, 3.05) is 6.61 Å². The highest BCUT2D eigenvalue weighted by Gasteiger charge is 2.51. The lowest BCUT2D eigenvalue weighted by atomic mass is 9.83.